The third-order valence-electron chi connectivity index (χ3n) is 4.51. The zero-order valence-corrected chi connectivity index (χ0v) is 15.1. The van der Waals surface area contributed by atoms with Gasteiger partial charge in [-0.2, -0.15) is 0 Å². The number of guanidine groups is 1. The van der Waals surface area contributed by atoms with E-state index >= 15 is 0 Å². The van der Waals surface area contributed by atoms with Gasteiger partial charge in [-0.25, -0.2) is 4.99 Å². The maximum Gasteiger partial charge on any atom is 0.242 e. The Balaban J connectivity index is 1.54. The highest BCUT2D eigenvalue weighted by Gasteiger charge is 2.25. The molecular weight excluding hydrogens is 328 g/mol. The van der Waals surface area contributed by atoms with E-state index in [1.807, 2.05) is 19.1 Å². The van der Waals surface area contributed by atoms with Crippen LogP contribution in [0.15, 0.2) is 58.1 Å². The lowest BCUT2D eigenvalue weighted by Crippen LogP contribution is -2.40. The van der Waals surface area contributed by atoms with E-state index in [2.05, 4.69) is 44.8 Å². The van der Waals surface area contributed by atoms with Crippen LogP contribution in [0.1, 0.15) is 30.6 Å². The molecule has 138 valence electrons. The van der Waals surface area contributed by atoms with Gasteiger partial charge < -0.3 is 20.0 Å². The molecule has 1 fully saturated rings. The first-order valence-electron chi connectivity index (χ1n) is 9.13. The molecule has 1 atom stereocenters. The van der Waals surface area contributed by atoms with Gasteiger partial charge in [0, 0.05) is 25.6 Å². The average molecular weight is 354 g/mol. The van der Waals surface area contributed by atoms with Crippen molar-refractivity contribution in [3.05, 3.63) is 60.1 Å². The van der Waals surface area contributed by atoms with Crippen LogP contribution in [0.2, 0.25) is 0 Å². The van der Waals surface area contributed by atoms with Crippen molar-refractivity contribution in [2.75, 3.05) is 26.2 Å². The molecule has 1 aliphatic heterocycles. The average Bonchev–Trinajstić information content (AvgIpc) is 3.36. The molecule has 0 saturated carbocycles. The van der Waals surface area contributed by atoms with Crippen LogP contribution in [-0.4, -0.2) is 42.9 Å². The predicted octanol–water partition coefficient (Wildman–Crippen LogP) is 2.35. The molecule has 2 heterocycles. The molecule has 0 spiro atoms. The summed E-state index contributed by atoms with van der Waals surface area (Å²) >= 11 is 0. The monoisotopic (exact) mass is 354 g/mol. The summed E-state index contributed by atoms with van der Waals surface area (Å²) in [5, 5.41) is 6.12. The van der Waals surface area contributed by atoms with Gasteiger partial charge in [0.2, 0.25) is 5.91 Å². The molecule has 1 amide bonds. The highest BCUT2D eigenvalue weighted by atomic mass is 16.3. The molecule has 6 nitrogen and oxygen atoms in total. The summed E-state index contributed by atoms with van der Waals surface area (Å²) in [6.07, 6.45) is 2.69. The number of benzene rings is 1. The van der Waals surface area contributed by atoms with E-state index in [9.17, 15) is 4.79 Å². The predicted molar refractivity (Wildman–Crippen MR) is 102 cm³/mol. The van der Waals surface area contributed by atoms with Crippen molar-refractivity contribution in [1.29, 1.82) is 0 Å². The number of nitrogens with zero attached hydrogens (tertiary/aromatic N) is 2. The van der Waals surface area contributed by atoms with Gasteiger partial charge in [-0.3, -0.25) is 4.79 Å². The number of nitrogens with one attached hydrogen (secondary N) is 2. The van der Waals surface area contributed by atoms with Gasteiger partial charge >= 0.3 is 0 Å². The fraction of sp³-hybridized carbons (Fsp3) is 0.400. The van der Waals surface area contributed by atoms with Crippen LogP contribution < -0.4 is 10.6 Å². The van der Waals surface area contributed by atoms with Crippen molar-refractivity contribution in [2.24, 2.45) is 4.99 Å². The van der Waals surface area contributed by atoms with Crippen LogP contribution in [0.3, 0.4) is 0 Å². The van der Waals surface area contributed by atoms with Gasteiger partial charge in [-0.05, 0) is 31.0 Å². The summed E-state index contributed by atoms with van der Waals surface area (Å²) < 4.78 is 5.21. The Labute approximate surface area is 154 Å². The largest absolute Gasteiger partial charge is 0.467 e. The zero-order chi connectivity index (χ0) is 18.2. The molecule has 26 heavy (non-hydrogen) atoms. The van der Waals surface area contributed by atoms with E-state index in [0.717, 1.165) is 37.8 Å². The molecular formula is C20H26N4O2. The minimum atomic E-state index is -0.115. The summed E-state index contributed by atoms with van der Waals surface area (Å²) in [7, 11) is 0. The molecule has 1 aromatic heterocycles. The van der Waals surface area contributed by atoms with Crippen LogP contribution in [-0.2, 0) is 11.3 Å². The third kappa shape index (κ3) is 4.88. The molecule has 6 heteroatoms. The number of likely N-dealkylation sites (tertiary alicyclic amines) is 1. The fourth-order valence-electron chi connectivity index (χ4n) is 3.18. The Bertz CT molecular complexity index is 713. The van der Waals surface area contributed by atoms with Crippen LogP contribution in [0.25, 0.3) is 0 Å². The SMILES string of the molecule is CCNC(=NCC(=O)NCc1ccco1)N1CCC(c2ccccc2)C1. The topological polar surface area (TPSA) is 69.9 Å². The van der Waals surface area contributed by atoms with Crippen LogP contribution in [0.4, 0.5) is 0 Å². The molecule has 0 bridgehead atoms. The van der Waals surface area contributed by atoms with Crippen molar-refractivity contribution in [2.45, 2.75) is 25.8 Å². The van der Waals surface area contributed by atoms with E-state index < -0.39 is 0 Å². The maximum atomic E-state index is 12.0. The Morgan fingerprint density at radius 3 is 2.81 bits per heavy atom. The van der Waals surface area contributed by atoms with Crippen molar-refractivity contribution in [3.63, 3.8) is 0 Å². The minimum Gasteiger partial charge on any atom is -0.467 e. The molecule has 1 unspecified atom stereocenters. The van der Waals surface area contributed by atoms with Crippen LogP contribution >= 0.6 is 0 Å². The first-order chi connectivity index (χ1) is 12.8. The summed E-state index contributed by atoms with van der Waals surface area (Å²) in [4.78, 5) is 18.8. The molecule has 1 saturated heterocycles. The first-order valence-corrected chi connectivity index (χ1v) is 9.13. The summed E-state index contributed by atoms with van der Waals surface area (Å²) in [5.74, 6) is 1.93. The first kappa shape index (κ1) is 18.0. The normalized spacial score (nSPS) is 17.3. The number of aliphatic imine (C=N–C) groups is 1. The zero-order valence-electron chi connectivity index (χ0n) is 15.1. The minimum absolute atomic E-state index is 0.107. The lowest BCUT2D eigenvalue weighted by Gasteiger charge is -2.21. The smallest absolute Gasteiger partial charge is 0.242 e. The number of amides is 1. The van der Waals surface area contributed by atoms with Gasteiger partial charge in [0.1, 0.15) is 12.3 Å². The standard InChI is InChI=1S/C20H26N4O2/c1-2-21-20(23-14-19(25)22-13-18-9-6-12-26-18)24-11-10-17(15-24)16-7-4-3-5-8-16/h3-9,12,17H,2,10-11,13-15H2,1H3,(H,21,23)(H,22,25). The second-order valence-corrected chi connectivity index (χ2v) is 6.37. The van der Waals surface area contributed by atoms with Crippen molar-refractivity contribution < 1.29 is 9.21 Å². The second kappa shape index (κ2) is 9.08. The van der Waals surface area contributed by atoms with Crippen molar-refractivity contribution >= 4 is 11.9 Å². The van der Waals surface area contributed by atoms with Gasteiger partial charge in [0.05, 0.1) is 12.8 Å². The number of carbonyl (C=O) groups is 1. The molecule has 0 radical (unpaired) electrons. The van der Waals surface area contributed by atoms with Gasteiger partial charge in [0.15, 0.2) is 5.96 Å². The van der Waals surface area contributed by atoms with E-state index in [1.54, 1.807) is 12.3 Å². The fourth-order valence-corrected chi connectivity index (χ4v) is 3.18. The highest BCUT2D eigenvalue weighted by Crippen LogP contribution is 2.26. The quantitative estimate of drug-likeness (QED) is 0.617. The van der Waals surface area contributed by atoms with E-state index in [-0.39, 0.29) is 12.5 Å². The van der Waals surface area contributed by atoms with E-state index in [1.165, 1.54) is 5.56 Å². The van der Waals surface area contributed by atoms with E-state index in [4.69, 9.17) is 4.42 Å². The molecule has 1 aromatic carbocycles. The number of hydrogen-bond acceptors (Lipinski definition) is 3. The second-order valence-electron chi connectivity index (χ2n) is 6.37. The Kier molecular flexibility index (Phi) is 6.30. The lowest BCUT2D eigenvalue weighted by molar-refractivity contribution is -0.119. The summed E-state index contributed by atoms with van der Waals surface area (Å²) in [5.41, 5.74) is 1.36. The molecule has 2 aromatic rings. The lowest BCUT2D eigenvalue weighted by atomic mass is 9.99. The summed E-state index contributed by atoms with van der Waals surface area (Å²) in [6.45, 7) is 5.17. The highest BCUT2D eigenvalue weighted by molar-refractivity contribution is 5.85. The van der Waals surface area contributed by atoms with Crippen LogP contribution in [0.5, 0.6) is 0 Å². The van der Waals surface area contributed by atoms with E-state index in [0.29, 0.717) is 12.5 Å². The maximum absolute atomic E-state index is 12.0. The number of furan rings is 1. The Hall–Kier alpha value is -2.76. The molecule has 2 N–H and O–H groups in total. The third-order valence-corrected chi connectivity index (χ3v) is 4.51. The number of rotatable bonds is 6. The van der Waals surface area contributed by atoms with Crippen LogP contribution in [0, 0.1) is 0 Å². The Morgan fingerprint density at radius 1 is 1.23 bits per heavy atom. The van der Waals surface area contributed by atoms with Gasteiger partial charge in [-0.15, -0.1) is 0 Å². The summed E-state index contributed by atoms with van der Waals surface area (Å²) in [6, 6.07) is 14.2. The molecule has 3 rings (SSSR count). The molecule has 1 aliphatic rings. The van der Waals surface area contributed by atoms with Gasteiger partial charge in [-0.1, -0.05) is 30.3 Å². The number of hydrogen-bond donors (Lipinski definition) is 2. The van der Waals surface area contributed by atoms with Crippen molar-refractivity contribution in [3.8, 4) is 0 Å². The number of carbonyl (C=O) groups excluding carboxylic acids is 1. The Morgan fingerprint density at radius 2 is 2.08 bits per heavy atom. The van der Waals surface area contributed by atoms with Gasteiger partial charge in [0.25, 0.3) is 0 Å². The van der Waals surface area contributed by atoms with Crippen molar-refractivity contribution in [1.82, 2.24) is 15.5 Å². The molecule has 0 aliphatic carbocycles.